The second-order valence-corrected chi connectivity index (χ2v) is 7.08. The summed E-state index contributed by atoms with van der Waals surface area (Å²) in [6.07, 6.45) is 0.779. The predicted octanol–water partition coefficient (Wildman–Crippen LogP) is 3.55. The van der Waals surface area contributed by atoms with Crippen molar-refractivity contribution >= 4 is 11.8 Å². The molecule has 0 fully saturated rings. The number of hydrogen-bond acceptors (Lipinski definition) is 4. The Kier molecular flexibility index (Phi) is 8.65. The van der Waals surface area contributed by atoms with Crippen LogP contribution in [0, 0.1) is 5.82 Å². The van der Waals surface area contributed by atoms with Crippen LogP contribution in [0.4, 0.5) is 4.39 Å². The summed E-state index contributed by atoms with van der Waals surface area (Å²) in [5, 5.41) is 2.90. The molecule has 30 heavy (non-hydrogen) atoms. The topological polar surface area (TPSA) is 67.9 Å². The molecular formula is C23H29FN2O4. The Morgan fingerprint density at radius 1 is 1.07 bits per heavy atom. The number of nitrogens with one attached hydrogen (secondary N) is 1. The normalized spacial score (nSPS) is 12.6. The molecule has 0 saturated carbocycles. The van der Waals surface area contributed by atoms with Gasteiger partial charge in [0.15, 0.2) is 18.1 Å². The van der Waals surface area contributed by atoms with Gasteiger partial charge in [0.25, 0.3) is 5.91 Å². The SMILES string of the molecule is CCC(C)NC(=O)C(C)N(Cc1ccc(F)cc1)C(=O)COc1ccccc1OC. The number of nitrogens with zero attached hydrogens (tertiary/aromatic N) is 1. The molecule has 162 valence electrons. The molecule has 0 heterocycles. The molecular weight excluding hydrogens is 387 g/mol. The largest absolute Gasteiger partial charge is 0.493 e. The van der Waals surface area contributed by atoms with Crippen LogP contribution >= 0.6 is 0 Å². The number of rotatable bonds is 10. The van der Waals surface area contributed by atoms with Crippen molar-refractivity contribution < 1.29 is 23.5 Å². The highest BCUT2D eigenvalue weighted by atomic mass is 19.1. The van der Waals surface area contributed by atoms with E-state index in [4.69, 9.17) is 9.47 Å². The number of halogens is 1. The third-order valence-electron chi connectivity index (χ3n) is 4.85. The van der Waals surface area contributed by atoms with E-state index in [1.54, 1.807) is 43.3 Å². The summed E-state index contributed by atoms with van der Waals surface area (Å²) in [6.45, 7) is 5.44. The van der Waals surface area contributed by atoms with Gasteiger partial charge in [-0.1, -0.05) is 31.2 Å². The Balaban J connectivity index is 2.17. The van der Waals surface area contributed by atoms with Crippen LogP contribution in [0.15, 0.2) is 48.5 Å². The fourth-order valence-electron chi connectivity index (χ4n) is 2.80. The number of methoxy groups -OCH3 is 1. The molecule has 6 nitrogen and oxygen atoms in total. The minimum Gasteiger partial charge on any atom is -0.493 e. The van der Waals surface area contributed by atoms with Crippen LogP contribution < -0.4 is 14.8 Å². The van der Waals surface area contributed by atoms with Crippen LogP contribution in [0.25, 0.3) is 0 Å². The van der Waals surface area contributed by atoms with Crippen molar-refractivity contribution in [2.75, 3.05) is 13.7 Å². The third kappa shape index (κ3) is 6.47. The minimum atomic E-state index is -0.724. The monoisotopic (exact) mass is 416 g/mol. The Morgan fingerprint density at radius 2 is 1.70 bits per heavy atom. The summed E-state index contributed by atoms with van der Waals surface area (Å²) in [5.41, 5.74) is 0.713. The first kappa shape index (κ1) is 23.2. The van der Waals surface area contributed by atoms with E-state index in [9.17, 15) is 14.0 Å². The number of amides is 2. The van der Waals surface area contributed by atoms with Crippen molar-refractivity contribution in [3.8, 4) is 11.5 Å². The van der Waals surface area contributed by atoms with Crippen molar-refractivity contribution in [3.05, 3.63) is 59.9 Å². The van der Waals surface area contributed by atoms with Gasteiger partial charge in [-0.25, -0.2) is 4.39 Å². The van der Waals surface area contributed by atoms with Gasteiger partial charge in [-0.15, -0.1) is 0 Å². The molecule has 2 aromatic carbocycles. The molecule has 0 aliphatic carbocycles. The van der Waals surface area contributed by atoms with Crippen LogP contribution in [0.2, 0.25) is 0 Å². The lowest BCUT2D eigenvalue weighted by atomic mass is 10.1. The van der Waals surface area contributed by atoms with Crippen LogP contribution in [0.3, 0.4) is 0 Å². The maximum Gasteiger partial charge on any atom is 0.261 e. The lowest BCUT2D eigenvalue weighted by Gasteiger charge is -2.29. The first-order valence-corrected chi connectivity index (χ1v) is 9.95. The van der Waals surface area contributed by atoms with E-state index in [-0.39, 0.29) is 36.8 Å². The lowest BCUT2D eigenvalue weighted by molar-refractivity contribution is -0.142. The maximum absolute atomic E-state index is 13.3. The fraction of sp³-hybridized carbons (Fsp3) is 0.391. The van der Waals surface area contributed by atoms with Crippen molar-refractivity contribution in [1.82, 2.24) is 10.2 Å². The number of carbonyl (C=O) groups is 2. The van der Waals surface area contributed by atoms with Crippen LogP contribution in [0.5, 0.6) is 11.5 Å². The molecule has 2 rings (SSSR count). The smallest absolute Gasteiger partial charge is 0.261 e. The summed E-state index contributed by atoms with van der Waals surface area (Å²) in [4.78, 5) is 27.1. The average Bonchev–Trinajstić information content (AvgIpc) is 2.76. The second-order valence-electron chi connectivity index (χ2n) is 7.08. The van der Waals surface area contributed by atoms with Gasteiger partial charge in [-0.2, -0.15) is 0 Å². The van der Waals surface area contributed by atoms with E-state index in [0.29, 0.717) is 17.1 Å². The third-order valence-corrected chi connectivity index (χ3v) is 4.85. The highest BCUT2D eigenvalue weighted by molar-refractivity contribution is 5.88. The highest BCUT2D eigenvalue weighted by Gasteiger charge is 2.27. The molecule has 2 atom stereocenters. The van der Waals surface area contributed by atoms with E-state index in [2.05, 4.69) is 5.32 Å². The summed E-state index contributed by atoms with van der Waals surface area (Å²) in [6, 6.07) is 12.1. The molecule has 1 N–H and O–H groups in total. The Morgan fingerprint density at radius 3 is 2.30 bits per heavy atom. The molecule has 0 spiro atoms. The van der Waals surface area contributed by atoms with Crippen LogP contribution in [0.1, 0.15) is 32.8 Å². The zero-order valence-corrected chi connectivity index (χ0v) is 17.9. The first-order valence-electron chi connectivity index (χ1n) is 9.95. The number of hydrogen-bond donors (Lipinski definition) is 1. The molecule has 0 saturated heterocycles. The Hall–Kier alpha value is -3.09. The van der Waals surface area contributed by atoms with E-state index in [0.717, 1.165) is 6.42 Å². The lowest BCUT2D eigenvalue weighted by Crippen LogP contribution is -2.50. The molecule has 2 aromatic rings. The van der Waals surface area contributed by atoms with Crippen molar-refractivity contribution in [2.45, 2.75) is 45.8 Å². The van der Waals surface area contributed by atoms with E-state index in [1.165, 1.54) is 24.1 Å². The van der Waals surface area contributed by atoms with Gasteiger partial charge in [-0.3, -0.25) is 9.59 Å². The van der Waals surface area contributed by atoms with Crippen molar-refractivity contribution in [3.63, 3.8) is 0 Å². The van der Waals surface area contributed by atoms with Crippen LogP contribution in [-0.2, 0) is 16.1 Å². The Bertz CT molecular complexity index is 841. The van der Waals surface area contributed by atoms with Crippen molar-refractivity contribution in [2.24, 2.45) is 0 Å². The molecule has 0 radical (unpaired) electrons. The van der Waals surface area contributed by atoms with E-state index in [1.807, 2.05) is 13.8 Å². The molecule has 0 aliphatic heterocycles. The average molecular weight is 416 g/mol. The summed E-state index contributed by atoms with van der Waals surface area (Å²) in [5.74, 6) is -0.0300. The molecule has 0 aliphatic rings. The van der Waals surface area contributed by atoms with E-state index < -0.39 is 6.04 Å². The molecule has 2 amide bonds. The predicted molar refractivity (Wildman–Crippen MR) is 113 cm³/mol. The zero-order chi connectivity index (χ0) is 22.1. The van der Waals surface area contributed by atoms with Crippen LogP contribution in [-0.4, -0.2) is 42.5 Å². The van der Waals surface area contributed by atoms with Gasteiger partial charge in [-0.05, 0) is 50.1 Å². The summed E-state index contributed by atoms with van der Waals surface area (Å²) in [7, 11) is 1.52. The van der Waals surface area contributed by atoms with Crippen molar-refractivity contribution in [1.29, 1.82) is 0 Å². The molecule has 0 bridgehead atoms. The zero-order valence-electron chi connectivity index (χ0n) is 17.9. The van der Waals surface area contributed by atoms with Gasteiger partial charge in [0.1, 0.15) is 11.9 Å². The van der Waals surface area contributed by atoms with Gasteiger partial charge >= 0.3 is 0 Å². The number of carbonyl (C=O) groups excluding carboxylic acids is 2. The fourth-order valence-corrected chi connectivity index (χ4v) is 2.80. The molecule has 2 unspecified atom stereocenters. The maximum atomic E-state index is 13.3. The first-order chi connectivity index (χ1) is 14.3. The quantitative estimate of drug-likeness (QED) is 0.643. The van der Waals surface area contributed by atoms with Gasteiger partial charge in [0.05, 0.1) is 7.11 Å². The molecule has 0 aromatic heterocycles. The summed E-state index contributed by atoms with van der Waals surface area (Å²) < 4.78 is 24.1. The highest BCUT2D eigenvalue weighted by Crippen LogP contribution is 2.25. The number of benzene rings is 2. The van der Waals surface area contributed by atoms with Gasteiger partial charge in [0, 0.05) is 12.6 Å². The Labute approximate surface area is 177 Å². The second kappa shape index (κ2) is 11.2. The van der Waals surface area contributed by atoms with E-state index >= 15 is 0 Å². The standard InChI is InChI=1S/C23H29FN2O4/c1-5-16(2)25-23(28)17(3)26(14-18-10-12-19(24)13-11-18)22(27)15-30-21-9-7-6-8-20(21)29-4/h6-13,16-17H,5,14-15H2,1-4H3,(H,25,28). The summed E-state index contributed by atoms with van der Waals surface area (Å²) >= 11 is 0. The number of ether oxygens (including phenoxy) is 2. The minimum absolute atomic E-state index is 0.00690. The number of para-hydroxylation sites is 2. The molecule has 7 heteroatoms. The van der Waals surface area contributed by atoms with Gasteiger partial charge < -0.3 is 19.7 Å². The van der Waals surface area contributed by atoms with Gasteiger partial charge in [0.2, 0.25) is 5.91 Å².